The number of aromatic nitrogens is 1. The number of hydrogen-bond acceptors (Lipinski definition) is 7. The van der Waals surface area contributed by atoms with Gasteiger partial charge in [-0.2, -0.15) is 0 Å². The Morgan fingerprint density at radius 1 is 1.25 bits per heavy atom. The van der Waals surface area contributed by atoms with Crippen LogP contribution in [-0.2, 0) is 0 Å². The van der Waals surface area contributed by atoms with Crippen LogP contribution in [0, 0.1) is 6.92 Å². The van der Waals surface area contributed by atoms with E-state index in [0.29, 0.717) is 35.2 Å². The van der Waals surface area contributed by atoms with Crippen LogP contribution in [0.2, 0.25) is 0 Å². The van der Waals surface area contributed by atoms with Gasteiger partial charge < -0.3 is 15.2 Å². The number of nitrogen functional groups attached to an aromatic ring is 1. The quantitative estimate of drug-likeness (QED) is 0.532. The summed E-state index contributed by atoms with van der Waals surface area (Å²) in [5.41, 5.74) is 12.7. The number of nitrogens with one attached hydrogen (secondary N) is 1. The number of benzene rings is 2. The van der Waals surface area contributed by atoms with Gasteiger partial charge in [-0.3, -0.25) is 9.80 Å². The van der Waals surface area contributed by atoms with Gasteiger partial charge in [0.05, 0.1) is 25.5 Å². The van der Waals surface area contributed by atoms with Crippen LogP contribution in [0.15, 0.2) is 42.5 Å². The molecule has 1 aliphatic rings. The molecule has 1 atom stereocenters. The Kier molecular flexibility index (Phi) is 6.62. The predicted octanol–water partition coefficient (Wildman–Crippen LogP) is 4.59. The van der Waals surface area contributed by atoms with Crippen molar-refractivity contribution in [2.45, 2.75) is 32.7 Å². The van der Waals surface area contributed by atoms with E-state index in [-0.39, 0.29) is 11.9 Å². The van der Waals surface area contributed by atoms with Gasteiger partial charge in [-0.25, -0.2) is 10.4 Å². The number of nitrogens with zero attached hydrogens (tertiary/aromatic N) is 2. The molecule has 1 saturated heterocycles. The van der Waals surface area contributed by atoms with Crippen molar-refractivity contribution in [2.75, 3.05) is 26.0 Å². The number of thiazole rings is 1. The van der Waals surface area contributed by atoms with Crippen LogP contribution in [0.5, 0.6) is 11.5 Å². The first-order valence-electron chi connectivity index (χ1n) is 10.7. The number of carbonyl (C=O) groups is 1. The van der Waals surface area contributed by atoms with Gasteiger partial charge in [0, 0.05) is 17.8 Å². The summed E-state index contributed by atoms with van der Waals surface area (Å²) in [6.07, 6.45) is 1.84. The predicted molar refractivity (Wildman–Crippen MR) is 127 cm³/mol. The van der Waals surface area contributed by atoms with E-state index >= 15 is 0 Å². The summed E-state index contributed by atoms with van der Waals surface area (Å²) in [6.45, 7) is 5.03. The number of methoxy groups -OCH3 is 1. The van der Waals surface area contributed by atoms with Gasteiger partial charge in [0.25, 0.3) is 5.91 Å². The molecule has 8 heteroatoms. The van der Waals surface area contributed by atoms with Crippen LogP contribution in [0.25, 0.3) is 10.6 Å². The second-order valence-corrected chi connectivity index (χ2v) is 8.68. The van der Waals surface area contributed by atoms with Crippen molar-refractivity contribution < 1.29 is 14.3 Å². The van der Waals surface area contributed by atoms with Crippen LogP contribution in [0.1, 0.15) is 46.7 Å². The first-order chi connectivity index (χ1) is 15.5. The Labute approximate surface area is 192 Å². The smallest absolute Gasteiger partial charge is 0.279 e. The molecular weight excluding hydrogens is 424 g/mol. The molecule has 168 valence electrons. The first-order valence-corrected chi connectivity index (χ1v) is 11.5. The summed E-state index contributed by atoms with van der Waals surface area (Å²) < 4.78 is 11.1. The second-order valence-electron chi connectivity index (χ2n) is 7.68. The Balaban J connectivity index is 1.53. The molecule has 1 unspecified atom stereocenters. The Bertz CT molecular complexity index is 1100. The van der Waals surface area contributed by atoms with Crippen molar-refractivity contribution >= 4 is 22.9 Å². The summed E-state index contributed by atoms with van der Waals surface area (Å²) >= 11 is 1.41. The number of rotatable bonds is 6. The number of anilines is 1. The van der Waals surface area contributed by atoms with Crippen molar-refractivity contribution in [3.05, 3.63) is 58.6 Å². The maximum Gasteiger partial charge on any atom is 0.279 e. The lowest BCUT2D eigenvalue weighted by Gasteiger charge is -2.34. The summed E-state index contributed by atoms with van der Waals surface area (Å²) in [4.78, 5) is 18.6. The summed E-state index contributed by atoms with van der Waals surface area (Å²) in [7, 11) is 1.63. The molecule has 3 aromatic rings. The highest BCUT2D eigenvalue weighted by molar-refractivity contribution is 7.17. The zero-order valence-electron chi connectivity index (χ0n) is 18.6. The normalized spacial score (nSPS) is 16.1. The summed E-state index contributed by atoms with van der Waals surface area (Å²) in [5.74, 6) is 1.36. The molecule has 7 nitrogen and oxygen atoms in total. The molecule has 1 aliphatic heterocycles. The lowest BCUT2D eigenvalue weighted by Crippen LogP contribution is -2.48. The maximum atomic E-state index is 13.3. The monoisotopic (exact) mass is 452 g/mol. The lowest BCUT2D eigenvalue weighted by atomic mass is 10.00. The standard InChI is InChI=1S/C24H28N4O3S/c1-4-31-21-14-17(9-12-20(21)30-3)19-6-5-13-28(27-19)24(29)22-15(2)26-23(32-22)16-7-10-18(25)11-8-16/h7-12,14,19,27H,4-6,13,25H2,1-3H3. The average molecular weight is 453 g/mol. The van der Waals surface area contributed by atoms with Gasteiger partial charge in [-0.15, -0.1) is 11.3 Å². The molecule has 4 rings (SSSR count). The van der Waals surface area contributed by atoms with E-state index in [4.69, 9.17) is 15.2 Å². The minimum Gasteiger partial charge on any atom is -0.493 e. The fourth-order valence-electron chi connectivity index (χ4n) is 3.82. The molecule has 0 radical (unpaired) electrons. The third-order valence-electron chi connectivity index (χ3n) is 5.47. The molecule has 0 aliphatic carbocycles. The number of aryl methyl sites for hydroxylation is 1. The number of hydrazine groups is 1. The van der Waals surface area contributed by atoms with Crippen LogP contribution >= 0.6 is 11.3 Å². The molecule has 0 saturated carbocycles. The molecule has 2 aromatic carbocycles. The van der Waals surface area contributed by atoms with Crippen molar-refractivity contribution in [3.8, 4) is 22.1 Å². The number of carbonyl (C=O) groups excluding carboxylic acids is 1. The molecule has 1 aromatic heterocycles. The molecule has 2 heterocycles. The van der Waals surface area contributed by atoms with Crippen molar-refractivity contribution in [1.82, 2.24) is 15.4 Å². The number of amides is 1. The summed E-state index contributed by atoms with van der Waals surface area (Å²) in [5, 5.41) is 2.53. The molecule has 1 fully saturated rings. The van der Waals surface area contributed by atoms with E-state index in [1.165, 1.54) is 11.3 Å². The lowest BCUT2D eigenvalue weighted by molar-refractivity contribution is 0.0537. The third kappa shape index (κ3) is 4.56. The van der Waals surface area contributed by atoms with Gasteiger partial charge in [0.2, 0.25) is 0 Å². The average Bonchev–Trinajstić information content (AvgIpc) is 3.20. The van der Waals surface area contributed by atoms with E-state index in [1.807, 2.05) is 56.3 Å². The SMILES string of the molecule is CCOc1cc(C2CCCN(C(=O)c3sc(-c4ccc(N)cc4)nc3C)N2)ccc1OC. The number of ether oxygens (including phenoxy) is 2. The van der Waals surface area contributed by atoms with Crippen LogP contribution in [0.4, 0.5) is 5.69 Å². The molecular formula is C24H28N4O3S. The zero-order valence-corrected chi connectivity index (χ0v) is 19.4. The number of hydrogen-bond donors (Lipinski definition) is 2. The van der Waals surface area contributed by atoms with Gasteiger partial charge in [-0.05, 0) is 68.7 Å². The Morgan fingerprint density at radius 2 is 2.03 bits per heavy atom. The van der Waals surface area contributed by atoms with Crippen LogP contribution in [-0.4, -0.2) is 36.2 Å². The van der Waals surface area contributed by atoms with Gasteiger partial charge in [0.15, 0.2) is 11.5 Å². The zero-order chi connectivity index (χ0) is 22.7. The van der Waals surface area contributed by atoms with Crippen molar-refractivity contribution in [1.29, 1.82) is 0 Å². The second kappa shape index (κ2) is 9.58. The van der Waals surface area contributed by atoms with E-state index < -0.39 is 0 Å². The minimum absolute atomic E-state index is 0.0163. The largest absolute Gasteiger partial charge is 0.493 e. The Morgan fingerprint density at radius 3 is 2.75 bits per heavy atom. The van der Waals surface area contributed by atoms with E-state index in [9.17, 15) is 4.79 Å². The molecule has 3 N–H and O–H groups in total. The molecule has 32 heavy (non-hydrogen) atoms. The fourth-order valence-corrected chi connectivity index (χ4v) is 4.84. The number of nitrogens with two attached hydrogens (primary N) is 1. The molecule has 0 spiro atoms. The molecule has 1 amide bonds. The van der Waals surface area contributed by atoms with E-state index in [0.717, 1.165) is 34.7 Å². The first kappa shape index (κ1) is 22.1. The van der Waals surface area contributed by atoms with Gasteiger partial charge in [0.1, 0.15) is 9.88 Å². The maximum absolute atomic E-state index is 13.3. The van der Waals surface area contributed by atoms with Crippen molar-refractivity contribution in [2.24, 2.45) is 0 Å². The molecule has 0 bridgehead atoms. The minimum atomic E-state index is -0.0510. The van der Waals surface area contributed by atoms with Gasteiger partial charge in [-0.1, -0.05) is 6.07 Å². The topological polar surface area (TPSA) is 89.7 Å². The fraction of sp³-hybridized carbons (Fsp3) is 0.333. The highest BCUT2D eigenvalue weighted by Crippen LogP contribution is 2.34. The van der Waals surface area contributed by atoms with Crippen molar-refractivity contribution in [3.63, 3.8) is 0 Å². The highest BCUT2D eigenvalue weighted by Gasteiger charge is 2.28. The highest BCUT2D eigenvalue weighted by atomic mass is 32.1. The van der Waals surface area contributed by atoms with E-state index in [2.05, 4.69) is 10.4 Å². The van der Waals surface area contributed by atoms with Crippen LogP contribution < -0.4 is 20.6 Å². The third-order valence-corrected chi connectivity index (χ3v) is 6.66. The van der Waals surface area contributed by atoms with Gasteiger partial charge >= 0.3 is 0 Å². The summed E-state index contributed by atoms with van der Waals surface area (Å²) in [6, 6.07) is 13.5. The van der Waals surface area contributed by atoms with E-state index in [1.54, 1.807) is 12.1 Å². The Hall–Kier alpha value is -3.10. The van der Waals surface area contributed by atoms with Crippen LogP contribution in [0.3, 0.4) is 0 Å².